The van der Waals surface area contributed by atoms with E-state index in [4.69, 9.17) is 28.3 Å². The molecule has 0 aliphatic heterocycles. The summed E-state index contributed by atoms with van der Waals surface area (Å²) in [5.41, 5.74) is 0.731. The number of benzene rings is 1. The highest BCUT2D eigenvalue weighted by Crippen LogP contribution is 2.43. The maximum Gasteiger partial charge on any atom is 0.352 e. The van der Waals surface area contributed by atoms with Crippen LogP contribution in [0.5, 0.6) is 0 Å². The molecule has 22 heavy (non-hydrogen) atoms. The smallest absolute Gasteiger partial charge is 0.275 e. The van der Waals surface area contributed by atoms with Crippen molar-refractivity contribution in [3.8, 4) is 4.90 Å². The number of hydrogen-bond donors (Lipinski definition) is 2. The fourth-order valence-electron chi connectivity index (χ4n) is 1.81. The largest absolute Gasteiger partial charge is 0.352 e. The molecule has 1 heterocycles. The molecule has 0 spiro atoms. The summed E-state index contributed by atoms with van der Waals surface area (Å²) >= 11 is 12.0. The third-order valence-corrected chi connectivity index (χ3v) is 6.33. The topological polar surface area (TPSA) is 102 Å². The molecule has 1 aromatic carbocycles. The zero-order valence-corrected chi connectivity index (χ0v) is 14.7. The normalized spacial score (nSPS) is 12.3. The number of hydrogen-bond acceptors (Lipinski definition) is 4. The first-order chi connectivity index (χ1) is 10.1. The van der Waals surface area contributed by atoms with Gasteiger partial charge in [-0.15, -0.1) is 0 Å². The van der Waals surface area contributed by atoms with Gasteiger partial charge >= 0.3 is 5.13 Å². The van der Waals surface area contributed by atoms with E-state index in [0.29, 0.717) is 10.0 Å². The summed E-state index contributed by atoms with van der Waals surface area (Å²) in [6, 6.07) is 2.92. The van der Waals surface area contributed by atoms with Gasteiger partial charge in [0.25, 0.3) is 0 Å². The Morgan fingerprint density at radius 2 is 1.86 bits per heavy atom. The predicted octanol–water partition coefficient (Wildman–Crippen LogP) is 3.04. The van der Waals surface area contributed by atoms with Gasteiger partial charge in [-0.3, -0.25) is 10.1 Å². The number of sulfonamides is 1. The van der Waals surface area contributed by atoms with E-state index < -0.39 is 20.5 Å². The molecule has 0 saturated carbocycles. The second kappa shape index (κ2) is 6.13. The van der Waals surface area contributed by atoms with E-state index in [2.05, 4.69) is 10.3 Å². The molecular formula is C12H12Cl2N3O3S2+. The number of carbonyl (C=O) groups is 1. The van der Waals surface area contributed by atoms with Crippen molar-refractivity contribution in [2.24, 2.45) is 5.14 Å². The zero-order chi connectivity index (χ0) is 16.7. The molecule has 1 aromatic heterocycles. The molecule has 0 fully saturated rings. The Bertz CT molecular complexity index is 839. The van der Waals surface area contributed by atoms with Crippen LogP contribution >= 0.6 is 33.7 Å². The van der Waals surface area contributed by atoms with Crippen molar-refractivity contribution in [3.63, 3.8) is 0 Å². The molecular weight excluding hydrogens is 369 g/mol. The lowest BCUT2D eigenvalue weighted by molar-refractivity contribution is -0.114. The summed E-state index contributed by atoms with van der Waals surface area (Å²) in [5, 5.41) is 9.89. The lowest BCUT2D eigenvalue weighted by Crippen LogP contribution is -2.13. The molecule has 1 atom stereocenters. The monoisotopic (exact) mass is 380 g/mol. The van der Waals surface area contributed by atoms with Crippen LogP contribution in [-0.2, 0) is 14.8 Å². The highest BCUT2D eigenvalue weighted by atomic mass is 35.5. The van der Waals surface area contributed by atoms with Crippen LogP contribution in [-0.4, -0.2) is 19.3 Å². The summed E-state index contributed by atoms with van der Waals surface area (Å²) in [6.07, 6.45) is 0. The molecule has 118 valence electrons. The number of nitrogens with zero attached hydrogens (tertiary/aromatic N) is 1. The summed E-state index contributed by atoms with van der Waals surface area (Å²) in [5.74, 6) is -0.252. The van der Waals surface area contributed by atoms with Crippen molar-refractivity contribution in [2.75, 3.05) is 5.32 Å². The van der Waals surface area contributed by atoms with E-state index in [1.807, 2.05) is 5.38 Å². The second-order valence-electron chi connectivity index (χ2n) is 4.46. The molecule has 10 heteroatoms. The van der Waals surface area contributed by atoms with Gasteiger partial charge in [0.15, 0.2) is 10.3 Å². The molecule has 2 aromatic rings. The average Bonchev–Trinajstić information content (AvgIpc) is 2.66. The van der Waals surface area contributed by atoms with Gasteiger partial charge in [0, 0.05) is 19.1 Å². The molecule has 0 aliphatic rings. The van der Waals surface area contributed by atoms with Crippen molar-refractivity contribution < 1.29 is 13.2 Å². The van der Waals surface area contributed by atoms with Crippen molar-refractivity contribution in [3.05, 3.63) is 33.3 Å². The van der Waals surface area contributed by atoms with E-state index in [0.717, 1.165) is 5.69 Å². The van der Waals surface area contributed by atoms with E-state index in [-0.39, 0.29) is 20.8 Å². The van der Waals surface area contributed by atoms with Gasteiger partial charge in [-0.05, 0) is 6.92 Å². The molecule has 3 N–H and O–H groups in total. The van der Waals surface area contributed by atoms with Gasteiger partial charge in [0.1, 0.15) is 4.90 Å². The van der Waals surface area contributed by atoms with Gasteiger partial charge in [-0.1, -0.05) is 23.2 Å². The third-order valence-electron chi connectivity index (χ3n) is 2.57. The zero-order valence-electron chi connectivity index (χ0n) is 11.6. The fraction of sp³-hybridized carbons (Fsp3) is 0.167. The molecule has 0 aliphatic carbocycles. The molecule has 2 rings (SSSR count). The van der Waals surface area contributed by atoms with Gasteiger partial charge in [-0.25, -0.2) is 13.6 Å². The molecule has 0 bridgehead atoms. The number of aromatic nitrogens is 1. The lowest BCUT2D eigenvalue weighted by Gasteiger charge is -2.04. The quantitative estimate of drug-likeness (QED) is 0.798. The second-order valence-corrected chi connectivity index (χ2v) is 8.54. The minimum absolute atomic E-state index is 0.0716. The van der Waals surface area contributed by atoms with Crippen LogP contribution in [0.4, 0.5) is 5.13 Å². The summed E-state index contributed by atoms with van der Waals surface area (Å²) in [4.78, 5) is 15.8. The Morgan fingerprint density at radius 1 is 1.32 bits per heavy atom. The summed E-state index contributed by atoms with van der Waals surface area (Å²) in [6.45, 7) is 3.17. The van der Waals surface area contributed by atoms with Gasteiger partial charge < -0.3 is 0 Å². The number of anilines is 1. The van der Waals surface area contributed by atoms with Gasteiger partial charge in [-0.2, -0.15) is 4.98 Å². The Balaban J connectivity index is 2.63. The third kappa shape index (κ3) is 3.58. The number of nitrogens with one attached hydrogen (secondary N) is 1. The standard InChI is InChI=1S/C12H11Cl2N3O3S2/c1-6-5-21(12(16-6)17-7(2)18)8-3-9(13)11(10(14)4-8)22(15,19)20/h3-5H,1-2H3,(H2-,15,16,17,18,19,20)/p+1. The van der Waals surface area contributed by atoms with Crippen LogP contribution in [0.15, 0.2) is 22.4 Å². The number of carbonyl (C=O) groups excluding carboxylic acids is 1. The minimum Gasteiger partial charge on any atom is -0.275 e. The number of nitrogens with two attached hydrogens (primary N) is 1. The first kappa shape index (κ1) is 17.2. The number of thiazole rings is 1. The van der Waals surface area contributed by atoms with Gasteiger partial charge in [0.2, 0.25) is 15.9 Å². The van der Waals surface area contributed by atoms with E-state index >= 15 is 0 Å². The van der Waals surface area contributed by atoms with Crippen LogP contribution in [0.25, 0.3) is 4.90 Å². The van der Waals surface area contributed by atoms with E-state index in [1.165, 1.54) is 19.1 Å². The van der Waals surface area contributed by atoms with E-state index in [9.17, 15) is 13.2 Å². The van der Waals surface area contributed by atoms with E-state index in [1.54, 1.807) is 6.92 Å². The molecule has 0 saturated heterocycles. The van der Waals surface area contributed by atoms with Crippen LogP contribution < -0.4 is 10.5 Å². The van der Waals surface area contributed by atoms with Crippen LogP contribution in [0.3, 0.4) is 0 Å². The number of primary sulfonamides is 1. The summed E-state index contributed by atoms with van der Waals surface area (Å²) in [7, 11) is -4.71. The molecule has 6 nitrogen and oxygen atoms in total. The average molecular weight is 381 g/mol. The first-order valence-corrected chi connectivity index (χ1v) is 9.48. The number of rotatable bonds is 3. The molecule has 1 amide bonds. The summed E-state index contributed by atoms with van der Waals surface area (Å²) < 4.78 is 23.0. The highest BCUT2D eigenvalue weighted by molar-refractivity contribution is 7.89. The maximum absolute atomic E-state index is 11.5. The predicted molar refractivity (Wildman–Crippen MR) is 88.5 cm³/mol. The SMILES string of the molecule is CC(=O)Nc1nc(C)c[s+]1-c1cc(Cl)c(S(N)(=O)=O)c(Cl)c1. The number of amides is 1. The van der Waals surface area contributed by atoms with Crippen molar-refractivity contribution in [2.45, 2.75) is 18.7 Å². The maximum atomic E-state index is 11.5. The Hall–Kier alpha value is -1.19. The molecule has 0 radical (unpaired) electrons. The van der Waals surface area contributed by atoms with Gasteiger partial charge in [0.05, 0.1) is 26.2 Å². The number of halogens is 2. The fourth-order valence-corrected chi connectivity index (χ4v) is 5.58. The van der Waals surface area contributed by atoms with Crippen molar-refractivity contribution >= 4 is 54.7 Å². The van der Waals surface area contributed by atoms with Crippen LogP contribution in [0.2, 0.25) is 10.0 Å². The number of aryl methyl sites for hydroxylation is 1. The van der Waals surface area contributed by atoms with Crippen molar-refractivity contribution in [1.29, 1.82) is 0 Å². The highest BCUT2D eigenvalue weighted by Gasteiger charge is 2.26. The van der Waals surface area contributed by atoms with Crippen LogP contribution in [0.1, 0.15) is 12.6 Å². The van der Waals surface area contributed by atoms with Crippen molar-refractivity contribution in [1.82, 2.24) is 4.98 Å². The Morgan fingerprint density at radius 3 is 2.32 bits per heavy atom. The molecule has 1 unspecified atom stereocenters. The minimum atomic E-state index is -4.02. The first-order valence-electron chi connectivity index (χ1n) is 5.89. The van der Waals surface area contributed by atoms with Crippen LogP contribution in [0, 0.1) is 6.92 Å². The Labute approximate surface area is 140 Å². The lowest BCUT2D eigenvalue weighted by atomic mass is 10.3. The Kier molecular flexibility index (Phi) is 4.78.